The van der Waals surface area contributed by atoms with Gasteiger partial charge in [0.15, 0.2) is 0 Å². The van der Waals surface area contributed by atoms with Crippen LogP contribution in [0.3, 0.4) is 0 Å². The first kappa shape index (κ1) is 14.7. The minimum atomic E-state index is -0.421. The highest BCUT2D eigenvalue weighted by atomic mass is 32.1. The number of rotatable bonds is 4. The Morgan fingerprint density at radius 2 is 2.15 bits per heavy atom. The number of nitrogens with two attached hydrogens (primary N) is 1. The number of amides is 1. The molecule has 0 fully saturated rings. The molecule has 0 aliphatic carbocycles. The number of hydrogen-bond donors (Lipinski definition) is 2. The third kappa shape index (κ3) is 3.23. The largest absolute Gasteiger partial charge is 0.346 e. The predicted octanol–water partition coefficient (Wildman–Crippen LogP) is 2.59. The third-order valence-electron chi connectivity index (χ3n) is 3.11. The van der Waals surface area contributed by atoms with Crippen molar-refractivity contribution in [2.45, 2.75) is 26.3 Å². The molecule has 0 unspecified atom stereocenters. The molecule has 2 aromatic heterocycles. The number of thiophene rings is 1. The van der Waals surface area contributed by atoms with E-state index in [0.717, 1.165) is 17.0 Å². The molecule has 5 heteroatoms. The van der Waals surface area contributed by atoms with Crippen LogP contribution in [0.1, 0.15) is 29.9 Å². The predicted molar refractivity (Wildman–Crippen MR) is 82.9 cm³/mol. The molecule has 0 spiro atoms. The van der Waals surface area contributed by atoms with Gasteiger partial charge in [-0.25, -0.2) is 0 Å². The van der Waals surface area contributed by atoms with E-state index in [1.807, 2.05) is 49.7 Å². The second-order valence-corrected chi connectivity index (χ2v) is 6.16. The van der Waals surface area contributed by atoms with Crippen LogP contribution in [-0.2, 0) is 0 Å². The van der Waals surface area contributed by atoms with Gasteiger partial charge in [0, 0.05) is 23.0 Å². The molecule has 2 aromatic rings. The second kappa shape index (κ2) is 5.73. The first-order chi connectivity index (χ1) is 9.43. The number of pyridine rings is 1. The van der Waals surface area contributed by atoms with Crippen LogP contribution in [0.15, 0.2) is 29.0 Å². The van der Waals surface area contributed by atoms with E-state index in [9.17, 15) is 4.79 Å². The van der Waals surface area contributed by atoms with Crippen molar-refractivity contribution < 1.29 is 4.79 Å². The summed E-state index contributed by atoms with van der Waals surface area (Å²) in [5.74, 6) is -0.137. The number of aryl methyl sites for hydroxylation is 1. The molecular weight excluding hydrogens is 270 g/mol. The minimum Gasteiger partial charge on any atom is -0.346 e. The molecule has 4 nitrogen and oxygen atoms in total. The number of nitrogens with zero attached hydrogens (tertiary/aromatic N) is 1. The van der Waals surface area contributed by atoms with Crippen LogP contribution in [-0.4, -0.2) is 23.0 Å². The Bertz CT molecular complexity index is 606. The molecule has 0 aliphatic heterocycles. The van der Waals surface area contributed by atoms with Crippen molar-refractivity contribution in [2.24, 2.45) is 5.73 Å². The SMILES string of the molecule is Cc1nc(-c2ccsc2)ccc1C(=O)NC(C)(C)CN. The third-order valence-corrected chi connectivity index (χ3v) is 3.79. The van der Waals surface area contributed by atoms with Gasteiger partial charge in [-0.2, -0.15) is 11.3 Å². The lowest BCUT2D eigenvalue weighted by atomic mass is 10.0. The fourth-order valence-electron chi connectivity index (χ4n) is 1.80. The smallest absolute Gasteiger partial charge is 0.253 e. The van der Waals surface area contributed by atoms with Gasteiger partial charge in [0.25, 0.3) is 5.91 Å². The molecule has 0 atom stereocenters. The van der Waals surface area contributed by atoms with E-state index in [2.05, 4.69) is 10.3 Å². The summed E-state index contributed by atoms with van der Waals surface area (Å²) >= 11 is 1.63. The summed E-state index contributed by atoms with van der Waals surface area (Å²) in [6, 6.07) is 5.71. The van der Waals surface area contributed by atoms with E-state index in [4.69, 9.17) is 5.73 Å². The van der Waals surface area contributed by atoms with Gasteiger partial charge in [0.2, 0.25) is 0 Å². The zero-order valence-electron chi connectivity index (χ0n) is 11.9. The van der Waals surface area contributed by atoms with E-state index < -0.39 is 5.54 Å². The van der Waals surface area contributed by atoms with Crippen molar-refractivity contribution in [1.29, 1.82) is 0 Å². The van der Waals surface area contributed by atoms with Crippen molar-refractivity contribution >= 4 is 17.2 Å². The number of carbonyl (C=O) groups excluding carboxylic acids is 1. The number of hydrogen-bond acceptors (Lipinski definition) is 4. The maximum Gasteiger partial charge on any atom is 0.253 e. The molecule has 0 bridgehead atoms. The van der Waals surface area contributed by atoms with Gasteiger partial charge in [0.05, 0.1) is 17.0 Å². The molecule has 1 amide bonds. The molecule has 106 valence electrons. The van der Waals surface area contributed by atoms with E-state index in [1.54, 1.807) is 11.3 Å². The van der Waals surface area contributed by atoms with Gasteiger partial charge in [-0.3, -0.25) is 9.78 Å². The summed E-state index contributed by atoms with van der Waals surface area (Å²) in [7, 11) is 0. The highest BCUT2D eigenvalue weighted by molar-refractivity contribution is 7.08. The standard InChI is InChI=1S/C15H19N3OS/c1-10-12(14(19)18-15(2,3)9-16)4-5-13(17-10)11-6-7-20-8-11/h4-8H,9,16H2,1-3H3,(H,18,19). The van der Waals surface area contributed by atoms with E-state index >= 15 is 0 Å². The monoisotopic (exact) mass is 289 g/mol. The highest BCUT2D eigenvalue weighted by Crippen LogP contribution is 2.21. The summed E-state index contributed by atoms with van der Waals surface area (Å²) < 4.78 is 0. The molecule has 0 saturated carbocycles. The number of nitrogens with one attached hydrogen (secondary N) is 1. The number of aromatic nitrogens is 1. The fraction of sp³-hybridized carbons (Fsp3) is 0.333. The van der Waals surface area contributed by atoms with Crippen LogP contribution < -0.4 is 11.1 Å². The first-order valence-corrected chi connectivity index (χ1v) is 7.40. The molecule has 3 N–H and O–H groups in total. The fourth-order valence-corrected chi connectivity index (χ4v) is 2.45. The average Bonchev–Trinajstić information content (AvgIpc) is 2.91. The minimum absolute atomic E-state index is 0.137. The van der Waals surface area contributed by atoms with Crippen molar-refractivity contribution in [1.82, 2.24) is 10.3 Å². The maximum atomic E-state index is 12.2. The number of carbonyl (C=O) groups is 1. The van der Waals surface area contributed by atoms with Gasteiger partial charge in [-0.1, -0.05) is 0 Å². The van der Waals surface area contributed by atoms with Gasteiger partial charge in [-0.05, 0) is 44.4 Å². The second-order valence-electron chi connectivity index (χ2n) is 5.38. The zero-order chi connectivity index (χ0) is 14.8. The van der Waals surface area contributed by atoms with Gasteiger partial charge >= 0.3 is 0 Å². The van der Waals surface area contributed by atoms with Gasteiger partial charge in [0.1, 0.15) is 0 Å². The summed E-state index contributed by atoms with van der Waals surface area (Å²) in [4.78, 5) is 16.7. The molecule has 2 heterocycles. The van der Waals surface area contributed by atoms with Crippen molar-refractivity contribution in [3.8, 4) is 11.3 Å². The Morgan fingerprint density at radius 3 is 2.70 bits per heavy atom. The van der Waals surface area contributed by atoms with Crippen molar-refractivity contribution in [2.75, 3.05) is 6.54 Å². The van der Waals surface area contributed by atoms with Gasteiger partial charge < -0.3 is 11.1 Å². The van der Waals surface area contributed by atoms with Crippen LogP contribution in [0.4, 0.5) is 0 Å². The lowest BCUT2D eigenvalue weighted by Gasteiger charge is -2.24. The van der Waals surface area contributed by atoms with Crippen LogP contribution in [0.2, 0.25) is 0 Å². The molecule has 20 heavy (non-hydrogen) atoms. The topological polar surface area (TPSA) is 68.0 Å². The Labute approximate surface area is 123 Å². The van der Waals surface area contributed by atoms with Crippen LogP contribution in [0, 0.1) is 6.92 Å². The molecule has 0 aromatic carbocycles. The highest BCUT2D eigenvalue weighted by Gasteiger charge is 2.20. The summed E-state index contributed by atoms with van der Waals surface area (Å²) in [5, 5.41) is 6.97. The first-order valence-electron chi connectivity index (χ1n) is 6.46. The molecule has 2 rings (SSSR count). The van der Waals surface area contributed by atoms with Crippen LogP contribution >= 0.6 is 11.3 Å². The van der Waals surface area contributed by atoms with Crippen LogP contribution in [0.5, 0.6) is 0 Å². The molecular formula is C15H19N3OS. The zero-order valence-corrected chi connectivity index (χ0v) is 12.8. The maximum absolute atomic E-state index is 12.2. The lowest BCUT2D eigenvalue weighted by molar-refractivity contribution is 0.0914. The van der Waals surface area contributed by atoms with Crippen LogP contribution in [0.25, 0.3) is 11.3 Å². The van der Waals surface area contributed by atoms with E-state index in [0.29, 0.717) is 12.1 Å². The van der Waals surface area contributed by atoms with E-state index in [-0.39, 0.29) is 5.91 Å². The summed E-state index contributed by atoms with van der Waals surface area (Å²) in [5.41, 5.74) is 8.48. The Hall–Kier alpha value is -1.72. The summed E-state index contributed by atoms with van der Waals surface area (Å²) in [6.45, 7) is 6.03. The normalized spacial score (nSPS) is 11.4. The van der Waals surface area contributed by atoms with Crippen molar-refractivity contribution in [3.05, 3.63) is 40.2 Å². The van der Waals surface area contributed by atoms with E-state index in [1.165, 1.54) is 0 Å². The molecule has 0 radical (unpaired) electrons. The van der Waals surface area contributed by atoms with Crippen molar-refractivity contribution in [3.63, 3.8) is 0 Å². The van der Waals surface area contributed by atoms with Gasteiger partial charge in [-0.15, -0.1) is 0 Å². The average molecular weight is 289 g/mol. The summed E-state index contributed by atoms with van der Waals surface area (Å²) in [6.07, 6.45) is 0. The molecule has 0 aliphatic rings. The Balaban J connectivity index is 2.24. The molecule has 0 saturated heterocycles. The Kier molecular flexibility index (Phi) is 4.20. The lowest BCUT2D eigenvalue weighted by Crippen LogP contribution is -2.49. The Morgan fingerprint density at radius 1 is 1.40 bits per heavy atom. The quantitative estimate of drug-likeness (QED) is 0.909.